The molecule has 0 aliphatic rings. The topological polar surface area (TPSA) is 86.0 Å². The zero-order chi connectivity index (χ0) is 23.0. The van der Waals surface area contributed by atoms with Gasteiger partial charge in [-0.25, -0.2) is 23.1 Å². The van der Waals surface area contributed by atoms with Crippen LogP contribution in [0.2, 0.25) is 0 Å². The van der Waals surface area contributed by atoms with Crippen LogP contribution in [0.15, 0.2) is 56.4 Å². The molecular formula is C21H16F2N4O3S2. The van der Waals surface area contributed by atoms with Crippen molar-refractivity contribution in [1.29, 1.82) is 0 Å². The summed E-state index contributed by atoms with van der Waals surface area (Å²) in [6.07, 6.45) is 1.78. The van der Waals surface area contributed by atoms with Gasteiger partial charge in [0.15, 0.2) is 9.99 Å². The van der Waals surface area contributed by atoms with Crippen LogP contribution >= 0.6 is 23.1 Å². The molecule has 4 aromatic rings. The molecule has 0 spiro atoms. The largest absolute Gasteiger partial charge is 0.337 e. The van der Waals surface area contributed by atoms with Gasteiger partial charge < -0.3 is 5.32 Å². The number of hydrogen-bond donors (Lipinski definition) is 1. The number of hydrogen-bond acceptors (Lipinski definition) is 6. The second kappa shape index (κ2) is 8.67. The highest BCUT2D eigenvalue weighted by Crippen LogP contribution is 2.25. The monoisotopic (exact) mass is 474 g/mol. The van der Waals surface area contributed by atoms with Gasteiger partial charge in [0, 0.05) is 6.07 Å². The van der Waals surface area contributed by atoms with E-state index in [-0.39, 0.29) is 16.0 Å². The molecule has 2 aromatic carbocycles. The predicted molar refractivity (Wildman–Crippen MR) is 121 cm³/mol. The number of carbonyl (C=O) groups is 1. The van der Waals surface area contributed by atoms with Gasteiger partial charge in [0.05, 0.1) is 11.4 Å². The third kappa shape index (κ3) is 4.08. The maximum Gasteiger partial charge on any atom is 0.337 e. The molecule has 2 heterocycles. The summed E-state index contributed by atoms with van der Waals surface area (Å²) >= 11 is 2.42. The van der Waals surface area contributed by atoms with Gasteiger partial charge in [-0.1, -0.05) is 29.5 Å². The molecule has 0 unspecified atom stereocenters. The Bertz CT molecular complexity index is 1460. The first-order valence-electron chi connectivity index (χ1n) is 9.31. The number of amides is 1. The van der Waals surface area contributed by atoms with Gasteiger partial charge in [0.2, 0.25) is 5.91 Å². The Morgan fingerprint density at radius 3 is 2.53 bits per heavy atom. The Morgan fingerprint density at radius 1 is 1.16 bits per heavy atom. The zero-order valence-corrected chi connectivity index (χ0v) is 18.5. The molecule has 0 fully saturated rings. The van der Waals surface area contributed by atoms with Crippen LogP contribution in [0.1, 0.15) is 5.56 Å². The number of thiazole rings is 1. The van der Waals surface area contributed by atoms with E-state index in [0.29, 0.717) is 16.1 Å². The molecule has 0 bridgehead atoms. The third-order valence-electron chi connectivity index (χ3n) is 4.64. The third-order valence-corrected chi connectivity index (χ3v) is 6.66. The van der Waals surface area contributed by atoms with Gasteiger partial charge in [0.1, 0.15) is 22.9 Å². The minimum Gasteiger partial charge on any atom is -0.322 e. The second-order valence-electron chi connectivity index (χ2n) is 6.85. The maximum absolute atomic E-state index is 13.9. The van der Waals surface area contributed by atoms with Gasteiger partial charge in [-0.15, -0.1) is 11.3 Å². The van der Waals surface area contributed by atoms with Crippen LogP contribution in [0.25, 0.3) is 16.0 Å². The molecule has 0 aliphatic carbocycles. The zero-order valence-electron chi connectivity index (χ0n) is 16.9. The van der Waals surface area contributed by atoms with E-state index >= 15 is 0 Å². The molecule has 2 aromatic heterocycles. The van der Waals surface area contributed by atoms with Gasteiger partial charge in [-0.3, -0.25) is 14.2 Å². The highest BCUT2D eigenvalue weighted by atomic mass is 32.2. The van der Waals surface area contributed by atoms with Crippen LogP contribution in [0.5, 0.6) is 0 Å². The summed E-state index contributed by atoms with van der Waals surface area (Å²) in [5.74, 6) is -2.46. The molecule has 4 rings (SSSR count). The maximum atomic E-state index is 13.9. The van der Waals surface area contributed by atoms with Crippen LogP contribution in [-0.4, -0.2) is 26.3 Å². The highest BCUT2D eigenvalue weighted by Gasteiger charge is 2.21. The molecule has 1 N–H and O–H groups in total. The van der Waals surface area contributed by atoms with Crippen molar-refractivity contribution in [2.24, 2.45) is 0 Å². The molecule has 32 heavy (non-hydrogen) atoms. The molecule has 11 heteroatoms. The van der Waals surface area contributed by atoms with Crippen molar-refractivity contribution in [2.45, 2.75) is 17.8 Å². The van der Waals surface area contributed by atoms with Crippen molar-refractivity contribution in [2.75, 3.05) is 11.6 Å². The fourth-order valence-electron chi connectivity index (χ4n) is 3.09. The Kier molecular flexibility index (Phi) is 5.94. The summed E-state index contributed by atoms with van der Waals surface area (Å²) in [4.78, 5) is 43.3. The summed E-state index contributed by atoms with van der Waals surface area (Å²) in [7, 11) is 0. The van der Waals surface area contributed by atoms with Crippen molar-refractivity contribution in [3.63, 3.8) is 0 Å². The fraction of sp³-hybridized carbons (Fsp3) is 0.143. The van der Waals surface area contributed by atoms with E-state index in [1.165, 1.54) is 11.8 Å². The van der Waals surface area contributed by atoms with Gasteiger partial charge in [-0.05, 0) is 37.4 Å². The minimum atomic E-state index is -0.946. The smallest absolute Gasteiger partial charge is 0.322 e. The van der Waals surface area contributed by atoms with Crippen molar-refractivity contribution in [3.05, 3.63) is 80.5 Å². The van der Waals surface area contributed by atoms with Crippen molar-refractivity contribution >= 4 is 45.0 Å². The van der Waals surface area contributed by atoms with Gasteiger partial charge >= 0.3 is 5.69 Å². The Hall–Kier alpha value is -3.31. The lowest BCUT2D eigenvalue weighted by atomic mass is 10.2. The number of nitrogens with zero attached hydrogens (tertiary/aromatic N) is 3. The number of rotatable bonds is 5. The molecule has 0 saturated heterocycles. The number of anilines is 1. The van der Waals surface area contributed by atoms with E-state index in [1.807, 2.05) is 6.92 Å². The summed E-state index contributed by atoms with van der Waals surface area (Å²) in [5, 5.41) is 2.32. The van der Waals surface area contributed by atoms with Crippen molar-refractivity contribution in [3.8, 4) is 5.69 Å². The summed E-state index contributed by atoms with van der Waals surface area (Å²) < 4.78 is 29.9. The number of thioether (sulfide) groups is 1. The number of fused-ring (bicyclic) bond motifs is 1. The molecule has 0 saturated carbocycles. The van der Waals surface area contributed by atoms with E-state index in [0.717, 1.165) is 38.2 Å². The Labute approximate surface area is 188 Å². The second-order valence-corrected chi connectivity index (χ2v) is 8.91. The number of aromatic nitrogens is 3. The van der Waals surface area contributed by atoms with Gasteiger partial charge in [-0.2, -0.15) is 0 Å². The van der Waals surface area contributed by atoms with Crippen LogP contribution in [0.3, 0.4) is 0 Å². The summed E-state index contributed by atoms with van der Waals surface area (Å²) in [5.41, 5.74) is -0.133. The minimum absolute atomic E-state index is 0.0763. The SMILES string of the molecule is CSc1nc2c(s1)c(=O)n(-c1ccc(C)cc1)c(=O)n2CC(=O)Nc1ccc(F)cc1F. The molecule has 0 radical (unpaired) electrons. The first-order chi connectivity index (χ1) is 15.3. The van der Waals surface area contributed by atoms with Crippen LogP contribution in [-0.2, 0) is 11.3 Å². The number of nitrogens with one attached hydrogen (secondary N) is 1. The lowest BCUT2D eigenvalue weighted by Crippen LogP contribution is -2.40. The van der Waals surface area contributed by atoms with Crippen LogP contribution < -0.4 is 16.6 Å². The highest BCUT2D eigenvalue weighted by molar-refractivity contribution is 8.00. The van der Waals surface area contributed by atoms with Crippen molar-refractivity contribution in [1.82, 2.24) is 14.1 Å². The fourth-order valence-corrected chi connectivity index (χ4v) is 4.58. The number of aryl methyl sites for hydroxylation is 1. The first-order valence-corrected chi connectivity index (χ1v) is 11.3. The van der Waals surface area contributed by atoms with E-state index in [2.05, 4.69) is 10.3 Å². The lowest BCUT2D eigenvalue weighted by molar-refractivity contribution is -0.116. The molecule has 164 valence electrons. The Balaban J connectivity index is 1.83. The quantitative estimate of drug-likeness (QED) is 0.447. The summed E-state index contributed by atoms with van der Waals surface area (Å²) in [6.45, 7) is 1.36. The van der Waals surface area contributed by atoms with E-state index in [4.69, 9.17) is 0 Å². The number of halogens is 2. The average molecular weight is 475 g/mol. The lowest BCUT2D eigenvalue weighted by Gasteiger charge is -2.12. The van der Waals surface area contributed by atoms with E-state index < -0.39 is 35.3 Å². The molecule has 1 amide bonds. The molecular weight excluding hydrogens is 458 g/mol. The molecule has 0 atom stereocenters. The summed E-state index contributed by atoms with van der Waals surface area (Å²) in [6, 6.07) is 9.54. The first kappa shape index (κ1) is 21.9. The van der Waals surface area contributed by atoms with E-state index in [9.17, 15) is 23.2 Å². The Morgan fingerprint density at radius 2 is 1.88 bits per heavy atom. The molecule has 0 aliphatic heterocycles. The molecule has 7 nitrogen and oxygen atoms in total. The predicted octanol–water partition coefficient (Wildman–Crippen LogP) is 3.56. The van der Waals surface area contributed by atoms with Crippen LogP contribution in [0.4, 0.5) is 14.5 Å². The van der Waals surface area contributed by atoms with Crippen LogP contribution in [0, 0.1) is 18.6 Å². The average Bonchev–Trinajstić information content (AvgIpc) is 3.19. The van der Waals surface area contributed by atoms with Crippen molar-refractivity contribution < 1.29 is 13.6 Å². The van der Waals surface area contributed by atoms with E-state index in [1.54, 1.807) is 30.5 Å². The number of benzene rings is 2. The van der Waals surface area contributed by atoms with Gasteiger partial charge in [0.25, 0.3) is 5.56 Å². The standard InChI is InChI=1S/C21H16F2N4O3S2/c1-11-3-6-13(7-4-11)27-19(29)17-18(25-20(31-2)32-17)26(21(27)30)10-16(28)24-15-8-5-12(22)9-14(15)23/h3-9H,10H2,1-2H3,(H,24,28). The number of carbonyl (C=O) groups excluding carboxylic acids is 1. The normalized spacial score (nSPS) is 11.1.